The Morgan fingerprint density at radius 3 is 2.35 bits per heavy atom. The topological polar surface area (TPSA) is 89.3 Å². The number of nitrogens with one attached hydrogen (secondary N) is 1. The number of amides is 1. The molecule has 0 aliphatic heterocycles. The highest BCUT2D eigenvalue weighted by Crippen LogP contribution is 2.49. The van der Waals surface area contributed by atoms with Crippen molar-refractivity contribution in [2.75, 3.05) is 5.32 Å². The fraction of sp³-hybridized carbons (Fsp3) is 0.222. The molecular formula is C18H14Cl2N2O4. The molecule has 1 N–H and O–H groups in total. The van der Waals surface area contributed by atoms with Gasteiger partial charge >= 0.3 is 0 Å². The van der Waals surface area contributed by atoms with Gasteiger partial charge in [-0.05, 0) is 48.7 Å². The van der Waals surface area contributed by atoms with E-state index in [0.717, 1.165) is 18.4 Å². The Balaban J connectivity index is 1.80. The molecule has 134 valence electrons. The van der Waals surface area contributed by atoms with Gasteiger partial charge in [0.05, 0.1) is 16.0 Å². The van der Waals surface area contributed by atoms with Crippen LogP contribution in [0.15, 0.2) is 42.5 Å². The van der Waals surface area contributed by atoms with E-state index in [0.29, 0.717) is 10.7 Å². The summed E-state index contributed by atoms with van der Waals surface area (Å²) in [6.07, 6.45) is 1.67. The summed E-state index contributed by atoms with van der Waals surface area (Å²) in [5.74, 6) is -0.176. The summed E-state index contributed by atoms with van der Waals surface area (Å²) in [6.45, 7) is 0. The van der Waals surface area contributed by atoms with Crippen LogP contribution in [0.4, 0.5) is 5.69 Å². The molecule has 6 nitrogen and oxygen atoms in total. The number of rotatable bonds is 6. The van der Waals surface area contributed by atoms with E-state index in [2.05, 4.69) is 5.32 Å². The molecule has 26 heavy (non-hydrogen) atoms. The molecule has 0 aromatic heterocycles. The summed E-state index contributed by atoms with van der Waals surface area (Å²) in [5, 5.41) is 14.3. The molecule has 1 unspecified atom stereocenters. The monoisotopic (exact) mass is 392 g/mol. The van der Waals surface area contributed by atoms with Gasteiger partial charge in [-0.15, -0.1) is 0 Å². The third kappa shape index (κ3) is 3.43. The highest BCUT2D eigenvalue weighted by molar-refractivity contribution is 6.32. The highest BCUT2D eigenvalue weighted by Gasteiger charge is 2.51. The molecule has 8 heteroatoms. The smallest absolute Gasteiger partial charge is 0.293 e. The zero-order valence-corrected chi connectivity index (χ0v) is 15.0. The number of nitro groups is 1. The van der Waals surface area contributed by atoms with Crippen molar-refractivity contribution in [1.82, 2.24) is 0 Å². The zero-order chi connectivity index (χ0) is 18.9. The second-order valence-corrected chi connectivity index (χ2v) is 6.99. The van der Waals surface area contributed by atoms with Crippen molar-refractivity contribution < 1.29 is 14.5 Å². The Morgan fingerprint density at radius 1 is 1.19 bits per heavy atom. The van der Waals surface area contributed by atoms with Gasteiger partial charge < -0.3 is 5.32 Å². The van der Waals surface area contributed by atoms with Gasteiger partial charge in [-0.1, -0.05) is 35.3 Å². The Kier molecular flexibility index (Phi) is 4.98. The van der Waals surface area contributed by atoms with Gasteiger partial charge in [-0.25, -0.2) is 0 Å². The first-order chi connectivity index (χ1) is 12.4. The van der Waals surface area contributed by atoms with Crippen molar-refractivity contribution >= 4 is 41.1 Å². The molecule has 0 radical (unpaired) electrons. The van der Waals surface area contributed by atoms with Crippen LogP contribution in [0.25, 0.3) is 0 Å². The maximum Gasteiger partial charge on any atom is 0.293 e. The summed E-state index contributed by atoms with van der Waals surface area (Å²) in [4.78, 5) is 33.8. The molecule has 1 amide bonds. The molecule has 0 heterocycles. The largest absolute Gasteiger partial charge is 0.325 e. The van der Waals surface area contributed by atoms with Crippen molar-refractivity contribution in [3.8, 4) is 0 Å². The number of aldehydes is 1. The molecule has 2 aromatic rings. The predicted octanol–water partition coefficient (Wildman–Crippen LogP) is 4.18. The summed E-state index contributed by atoms with van der Waals surface area (Å²) in [6, 6.07) is 9.90. The number of hydrogen-bond acceptors (Lipinski definition) is 4. The van der Waals surface area contributed by atoms with Crippen LogP contribution in [-0.4, -0.2) is 17.1 Å². The predicted molar refractivity (Wildman–Crippen MR) is 98.2 cm³/mol. The van der Waals surface area contributed by atoms with E-state index in [-0.39, 0.29) is 22.8 Å². The molecule has 1 saturated carbocycles. The Morgan fingerprint density at radius 2 is 1.85 bits per heavy atom. The molecule has 1 fully saturated rings. The van der Waals surface area contributed by atoms with E-state index >= 15 is 0 Å². The number of hydrogen-bond donors (Lipinski definition) is 1. The standard InChI is InChI=1S/C18H14Cl2N2O4/c19-12-3-1-11(2-4-12)18(7-8-18)17(24)21-13-5-6-14(15(20)9-13)16(10-23)22(25)26/h1-6,9-10,16H,7-8H2,(H,21,24). The quantitative estimate of drug-likeness (QED) is 0.453. The summed E-state index contributed by atoms with van der Waals surface area (Å²) < 4.78 is 0. The molecule has 3 rings (SSSR count). The van der Waals surface area contributed by atoms with Crippen LogP contribution in [0.2, 0.25) is 10.0 Å². The van der Waals surface area contributed by atoms with Gasteiger partial charge in [0.25, 0.3) is 6.04 Å². The van der Waals surface area contributed by atoms with Gasteiger partial charge in [0, 0.05) is 15.6 Å². The third-order valence-electron chi connectivity index (χ3n) is 4.51. The van der Waals surface area contributed by atoms with Crippen molar-refractivity contribution in [3.63, 3.8) is 0 Å². The van der Waals surface area contributed by atoms with Gasteiger partial charge in [0.15, 0.2) is 6.29 Å². The Hall–Kier alpha value is -2.44. The number of halogens is 2. The minimum atomic E-state index is -1.53. The van der Waals surface area contributed by atoms with Crippen LogP contribution in [0.1, 0.15) is 30.0 Å². The molecule has 1 atom stereocenters. The lowest BCUT2D eigenvalue weighted by atomic mass is 9.95. The third-order valence-corrected chi connectivity index (χ3v) is 5.09. The lowest BCUT2D eigenvalue weighted by molar-refractivity contribution is -0.511. The van der Waals surface area contributed by atoms with Crippen molar-refractivity contribution in [2.24, 2.45) is 0 Å². The Bertz CT molecular complexity index is 879. The average molecular weight is 393 g/mol. The van der Waals surface area contributed by atoms with Gasteiger partial charge in [0.2, 0.25) is 5.91 Å². The maximum atomic E-state index is 12.7. The van der Waals surface area contributed by atoms with Crippen LogP contribution >= 0.6 is 23.2 Å². The molecular weight excluding hydrogens is 379 g/mol. The van der Waals surface area contributed by atoms with E-state index in [1.54, 1.807) is 12.1 Å². The Labute approximate surface area is 159 Å². The van der Waals surface area contributed by atoms with Crippen LogP contribution in [0.3, 0.4) is 0 Å². The molecule has 1 aliphatic carbocycles. The number of nitrogens with zero attached hydrogens (tertiary/aromatic N) is 1. The maximum absolute atomic E-state index is 12.7. The average Bonchev–Trinajstić information content (AvgIpc) is 3.39. The normalized spacial score (nSPS) is 15.8. The summed E-state index contributed by atoms with van der Waals surface area (Å²) >= 11 is 12.0. The van der Waals surface area contributed by atoms with Crippen molar-refractivity contribution in [2.45, 2.75) is 24.3 Å². The first-order valence-electron chi connectivity index (χ1n) is 7.83. The number of benzene rings is 2. The van der Waals surface area contributed by atoms with Crippen LogP contribution < -0.4 is 5.32 Å². The van der Waals surface area contributed by atoms with Crippen molar-refractivity contribution in [3.05, 3.63) is 73.8 Å². The fourth-order valence-corrected chi connectivity index (χ4v) is 3.29. The second-order valence-electron chi connectivity index (χ2n) is 6.15. The zero-order valence-electron chi connectivity index (χ0n) is 13.4. The van der Waals surface area contributed by atoms with Gasteiger partial charge in [-0.3, -0.25) is 19.7 Å². The molecule has 0 saturated heterocycles. The minimum absolute atomic E-state index is 0.0490. The fourth-order valence-electron chi connectivity index (χ4n) is 2.87. The first kappa shape index (κ1) is 18.4. The second kappa shape index (κ2) is 7.05. The lowest BCUT2D eigenvalue weighted by Gasteiger charge is -2.16. The van der Waals surface area contributed by atoms with E-state index < -0.39 is 16.4 Å². The van der Waals surface area contributed by atoms with E-state index in [1.807, 2.05) is 12.1 Å². The van der Waals surface area contributed by atoms with Crippen molar-refractivity contribution in [1.29, 1.82) is 0 Å². The first-order valence-corrected chi connectivity index (χ1v) is 8.59. The SMILES string of the molecule is O=CC(c1ccc(NC(=O)C2(c3ccc(Cl)cc3)CC2)cc1Cl)[N+](=O)[O-]. The van der Waals surface area contributed by atoms with Gasteiger partial charge in [-0.2, -0.15) is 0 Å². The molecule has 0 bridgehead atoms. The minimum Gasteiger partial charge on any atom is -0.325 e. The molecule has 2 aromatic carbocycles. The highest BCUT2D eigenvalue weighted by atomic mass is 35.5. The van der Waals surface area contributed by atoms with Crippen LogP contribution in [0, 0.1) is 10.1 Å². The number of anilines is 1. The summed E-state index contributed by atoms with van der Waals surface area (Å²) in [7, 11) is 0. The number of carbonyl (C=O) groups is 2. The van der Waals surface area contributed by atoms with Crippen LogP contribution in [0.5, 0.6) is 0 Å². The molecule has 0 spiro atoms. The van der Waals surface area contributed by atoms with E-state index in [4.69, 9.17) is 23.2 Å². The lowest BCUT2D eigenvalue weighted by Crippen LogP contribution is -2.27. The number of carbonyl (C=O) groups excluding carboxylic acids is 2. The van der Waals surface area contributed by atoms with Gasteiger partial charge in [0.1, 0.15) is 0 Å². The van der Waals surface area contributed by atoms with E-state index in [1.165, 1.54) is 18.2 Å². The van der Waals surface area contributed by atoms with Crippen LogP contribution in [-0.2, 0) is 15.0 Å². The summed E-state index contributed by atoms with van der Waals surface area (Å²) in [5.41, 5.74) is 0.791. The molecule has 1 aliphatic rings. The van der Waals surface area contributed by atoms with E-state index in [9.17, 15) is 19.7 Å².